The second kappa shape index (κ2) is 7.25. The van der Waals surface area contributed by atoms with E-state index in [-0.39, 0.29) is 12.1 Å². The maximum absolute atomic E-state index is 11.1. The molecule has 0 saturated heterocycles. The highest BCUT2D eigenvalue weighted by atomic mass is 16.3. The summed E-state index contributed by atoms with van der Waals surface area (Å²) in [4.78, 5) is 21.9. The van der Waals surface area contributed by atoms with Crippen LogP contribution in [0.15, 0.2) is 40.2 Å². The van der Waals surface area contributed by atoms with Crippen LogP contribution in [0.2, 0.25) is 0 Å². The Hall–Kier alpha value is -1.84. The number of benzene rings is 1. The van der Waals surface area contributed by atoms with Gasteiger partial charge in [0.15, 0.2) is 0 Å². The summed E-state index contributed by atoms with van der Waals surface area (Å²) >= 11 is 0. The van der Waals surface area contributed by atoms with Crippen molar-refractivity contribution in [1.82, 2.24) is 0 Å². The third kappa shape index (κ3) is 3.43. The van der Waals surface area contributed by atoms with Crippen molar-refractivity contribution in [2.45, 2.75) is 58.0 Å². The number of hydrogen-bond donors (Lipinski definition) is 0. The number of nitroso groups, excluding NO2 is 2. The van der Waals surface area contributed by atoms with E-state index in [9.17, 15) is 9.81 Å². The van der Waals surface area contributed by atoms with Gasteiger partial charge >= 0.3 is 0 Å². The first-order valence-corrected chi connectivity index (χ1v) is 7.68. The molecule has 4 nitrogen and oxygen atoms in total. The molecule has 1 aromatic rings. The van der Waals surface area contributed by atoms with Crippen LogP contribution in [0.5, 0.6) is 0 Å². The first-order chi connectivity index (χ1) is 10.2. The predicted octanol–water partition coefficient (Wildman–Crippen LogP) is 5.39. The van der Waals surface area contributed by atoms with Gasteiger partial charge in [-0.3, -0.25) is 0 Å². The quantitative estimate of drug-likeness (QED) is 0.631. The Morgan fingerprint density at radius 3 is 2.81 bits per heavy atom. The zero-order chi connectivity index (χ0) is 15.2. The van der Waals surface area contributed by atoms with Crippen LogP contribution in [0.3, 0.4) is 0 Å². The van der Waals surface area contributed by atoms with Crippen molar-refractivity contribution in [3.63, 3.8) is 0 Å². The highest BCUT2D eigenvalue weighted by Gasteiger charge is 2.27. The molecule has 21 heavy (non-hydrogen) atoms. The van der Waals surface area contributed by atoms with Gasteiger partial charge in [-0.2, -0.15) is 9.81 Å². The van der Waals surface area contributed by atoms with E-state index in [1.807, 2.05) is 24.3 Å². The Kier molecular flexibility index (Phi) is 5.37. The molecule has 0 aliphatic heterocycles. The van der Waals surface area contributed by atoms with Crippen molar-refractivity contribution in [1.29, 1.82) is 0 Å². The Morgan fingerprint density at radius 1 is 1.33 bits per heavy atom. The molecule has 0 fully saturated rings. The number of nitrogens with zero attached hydrogens (tertiary/aromatic N) is 2. The summed E-state index contributed by atoms with van der Waals surface area (Å²) < 4.78 is 0. The van der Waals surface area contributed by atoms with E-state index >= 15 is 0 Å². The summed E-state index contributed by atoms with van der Waals surface area (Å²) in [5, 5.41) is 6.39. The molecule has 0 heterocycles. The van der Waals surface area contributed by atoms with Gasteiger partial charge in [-0.25, -0.2) is 0 Å². The van der Waals surface area contributed by atoms with Crippen LogP contribution in [-0.2, 0) is 0 Å². The summed E-state index contributed by atoms with van der Waals surface area (Å²) in [5.74, 6) is 0. The third-order valence-corrected chi connectivity index (χ3v) is 4.23. The van der Waals surface area contributed by atoms with E-state index in [0.717, 1.165) is 48.8 Å². The summed E-state index contributed by atoms with van der Waals surface area (Å²) in [6.45, 7) is 3.95. The second-order valence-electron chi connectivity index (χ2n) is 5.69. The fraction of sp³-hybridized carbons (Fsp3) is 0.529. The smallest absolute Gasteiger partial charge is 0.118 e. The first kappa shape index (κ1) is 15.5. The molecule has 2 unspecified atom stereocenters. The van der Waals surface area contributed by atoms with E-state index < -0.39 is 0 Å². The van der Waals surface area contributed by atoms with E-state index in [4.69, 9.17) is 0 Å². The normalized spacial score (nSPS) is 19.6. The molecule has 2 rings (SSSR count). The molecule has 112 valence electrons. The fourth-order valence-corrected chi connectivity index (χ4v) is 3.00. The molecule has 1 aliphatic rings. The van der Waals surface area contributed by atoms with Crippen molar-refractivity contribution in [2.75, 3.05) is 0 Å². The monoisotopic (exact) mass is 286 g/mol. The minimum Gasteiger partial charge on any atom is -0.150 e. The van der Waals surface area contributed by atoms with Crippen molar-refractivity contribution < 1.29 is 0 Å². The molecule has 0 N–H and O–H groups in total. The van der Waals surface area contributed by atoms with Gasteiger partial charge in [-0.15, -0.1) is 0 Å². The first-order valence-electron chi connectivity index (χ1n) is 7.68. The van der Waals surface area contributed by atoms with Crippen LogP contribution in [0.25, 0.3) is 5.57 Å². The van der Waals surface area contributed by atoms with Gasteiger partial charge in [-0.05, 0) is 55.4 Å². The van der Waals surface area contributed by atoms with Gasteiger partial charge in [0, 0.05) is 0 Å². The van der Waals surface area contributed by atoms with Gasteiger partial charge in [0.05, 0.1) is 0 Å². The SMILES string of the molecule is CCCCC1=C(c2cccc(C(C)N=O)c2)C(N=O)CC1. The van der Waals surface area contributed by atoms with Crippen LogP contribution in [-0.4, -0.2) is 6.04 Å². The average Bonchev–Trinajstić information content (AvgIpc) is 2.95. The van der Waals surface area contributed by atoms with E-state index in [1.165, 1.54) is 5.57 Å². The summed E-state index contributed by atoms with van der Waals surface area (Å²) in [5.41, 5.74) is 4.35. The number of rotatable bonds is 7. The second-order valence-corrected chi connectivity index (χ2v) is 5.69. The van der Waals surface area contributed by atoms with E-state index in [1.54, 1.807) is 6.92 Å². The molecule has 1 aromatic carbocycles. The largest absolute Gasteiger partial charge is 0.150 e. The molecule has 4 heteroatoms. The van der Waals surface area contributed by atoms with Gasteiger partial charge < -0.3 is 0 Å². The maximum atomic E-state index is 11.1. The van der Waals surface area contributed by atoms with E-state index in [2.05, 4.69) is 17.3 Å². The van der Waals surface area contributed by atoms with Crippen LogP contribution >= 0.6 is 0 Å². The van der Waals surface area contributed by atoms with Crippen LogP contribution in [0.4, 0.5) is 0 Å². The Balaban J connectivity index is 2.39. The van der Waals surface area contributed by atoms with E-state index in [0.29, 0.717) is 0 Å². The number of hydrogen-bond acceptors (Lipinski definition) is 4. The number of allylic oxidation sites excluding steroid dienone is 1. The van der Waals surface area contributed by atoms with Gasteiger partial charge in [0.1, 0.15) is 12.1 Å². The van der Waals surface area contributed by atoms with Crippen molar-refractivity contribution in [2.24, 2.45) is 10.4 Å². The molecular formula is C17H22N2O2. The van der Waals surface area contributed by atoms with Gasteiger partial charge in [0.25, 0.3) is 0 Å². The van der Waals surface area contributed by atoms with Crippen LogP contribution in [0, 0.1) is 9.81 Å². The molecule has 0 amide bonds. The molecular weight excluding hydrogens is 264 g/mol. The Labute approximate surface area is 125 Å². The Morgan fingerprint density at radius 2 is 2.14 bits per heavy atom. The lowest BCUT2D eigenvalue weighted by Gasteiger charge is -2.13. The fourth-order valence-electron chi connectivity index (χ4n) is 3.00. The van der Waals surface area contributed by atoms with Crippen LogP contribution in [0.1, 0.15) is 63.1 Å². The predicted molar refractivity (Wildman–Crippen MR) is 85.9 cm³/mol. The van der Waals surface area contributed by atoms with Gasteiger partial charge in [-0.1, -0.05) is 47.5 Å². The summed E-state index contributed by atoms with van der Waals surface area (Å²) in [6, 6.07) is 7.21. The topological polar surface area (TPSA) is 58.9 Å². The summed E-state index contributed by atoms with van der Waals surface area (Å²) in [6.07, 6.45) is 5.07. The van der Waals surface area contributed by atoms with Crippen molar-refractivity contribution >= 4 is 5.57 Å². The highest BCUT2D eigenvalue weighted by Crippen LogP contribution is 2.39. The lowest BCUT2D eigenvalue weighted by atomic mass is 9.94. The summed E-state index contributed by atoms with van der Waals surface area (Å²) in [7, 11) is 0. The Bertz CT molecular complexity index is 551. The van der Waals surface area contributed by atoms with Crippen molar-refractivity contribution in [3.8, 4) is 0 Å². The zero-order valence-corrected chi connectivity index (χ0v) is 12.7. The third-order valence-electron chi connectivity index (χ3n) is 4.23. The highest BCUT2D eigenvalue weighted by molar-refractivity contribution is 5.75. The molecule has 0 bridgehead atoms. The minimum absolute atomic E-state index is 0.244. The maximum Gasteiger partial charge on any atom is 0.118 e. The lowest BCUT2D eigenvalue weighted by molar-refractivity contribution is 0.737. The standard InChI is InChI=1S/C17H22N2O2/c1-3-4-6-13-9-10-16(19-21)17(13)15-8-5-7-14(11-15)12(2)18-20/h5,7-8,11-12,16H,3-4,6,9-10H2,1-2H3. The molecule has 2 atom stereocenters. The molecule has 0 aromatic heterocycles. The molecule has 0 spiro atoms. The zero-order valence-electron chi connectivity index (χ0n) is 12.7. The average molecular weight is 286 g/mol. The molecule has 0 radical (unpaired) electrons. The molecule has 0 saturated carbocycles. The lowest BCUT2D eigenvalue weighted by Crippen LogP contribution is -2.02. The minimum atomic E-state index is -0.367. The molecule has 1 aliphatic carbocycles. The number of unbranched alkanes of at least 4 members (excludes halogenated alkanes) is 1. The van der Waals surface area contributed by atoms with Crippen LogP contribution < -0.4 is 0 Å². The van der Waals surface area contributed by atoms with Gasteiger partial charge in [0.2, 0.25) is 0 Å². The van der Waals surface area contributed by atoms with Crippen molar-refractivity contribution in [3.05, 3.63) is 50.8 Å².